The molecule has 0 aliphatic heterocycles. The third-order valence-corrected chi connectivity index (χ3v) is 2.47. The molecule has 6 heteroatoms. The fourth-order valence-electron chi connectivity index (χ4n) is 1.74. The maximum Gasteiger partial charge on any atom is 0.312 e. The van der Waals surface area contributed by atoms with Crippen LogP contribution in [0.15, 0.2) is 18.7 Å². The van der Waals surface area contributed by atoms with Crippen molar-refractivity contribution in [1.82, 2.24) is 19.6 Å². The molecule has 0 aromatic carbocycles. The summed E-state index contributed by atoms with van der Waals surface area (Å²) >= 11 is 0. The number of fused-ring (bicyclic) bond motifs is 1. The molecule has 1 unspecified atom stereocenters. The van der Waals surface area contributed by atoms with E-state index in [1.807, 2.05) is 13.8 Å². The molecule has 0 saturated carbocycles. The van der Waals surface area contributed by atoms with Gasteiger partial charge in [0.2, 0.25) is 0 Å². The highest BCUT2D eigenvalue weighted by Gasteiger charge is 2.26. The maximum absolute atomic E-state index is 11.2. The van der Waals surface area contributed by atoms with E-state index in [1.165, 1.54) is 17.0 Å². The highest BCUT2D eigenvalue weighted by Crippen LogP contribution is 2.23. The Hall–Kier alpha value is -1.98. The van der Waals surface area contributed by atoms with Crippen LogP contribution in [-0.2, 0) is 4.79 Å². The molecule has 2 heterocycles. The molecule has 0 fully saturated rings. The summed E-state index contributed by atoms with van der Waals surface area (Å²) in [6.45, 7) is 3.71. The molecule has 16 heavy (non-hydrogen) atoms. The monoisotopic (exact) mass is 220 g/mol. The molecular formula is C10H12N4O2. The SMILES string of the molecule is CC(C)C(C(=O)O)c1cncc2ncnn12. The van der Waals surface area contributed by atoms with Gasteiger partial charge in [0.1, 0.15) is 12.2 Å². The molecule has 84 valence electrons. The third-order valence-electron chi connectivity index (χ3n) is 2.47. The number of carboxylic acids is 1. The first-order valence-electron chi connectivity index (χ1n) is 4.97. The molecule has 2 aromatic rings. The molecular weight excluding hydrogens is 208 g/mol. The quantitative estimate of drug-likeness (QED) is 0.832. The van der Waals surface area contributed by atoms with Gasteiger partial charge in [-0.1, -0.05) is 13.8 Å². The van der Waals surface area contributed by atoms with Crippen molar-refractivity contribution >= 4 is 11.6 Å². The van der Waals surface area contributed by atoms with Gasteiger partial charge in [0, 0.05) is 6.20 Å². The van der Waals surface area contributed by atoms with E-state index in [-0.39, 0.29) is 5.92 Å². The van der Waals surface area contributed by atoms with E-state index in [1.54, 1.807) is 6.20 Å². The van der Waals surface area contributed by atoms with Gasteiger partial charge < -0.3 is 5.11 Å². The van der Waals surface area contributed by atoms with Crippen LogP contribution in [-0.4, -0.2) is 30.7 Å². The van der Waals surface area contributed by atoms with E-state index in [9.17, 15) is 9.90 Å². The van der Waals surface area contributed by atoms with Gasteiger partial charge in [-0.25, -0.2) is 9.50 Å². The lowest BCUT2D eigenvalue weighted by Crippen LogP contribution is -2.21. The summed E-state index contributed by atoms with van der Waals surface area (Å²) in [6.07, 6.45) is 4.47. The van der Waals surface area contributed by atoms with Crippen LogP contribution < -0.4 is 0 Å². The molecule has 2 aromatic heterocycles. The number of rotatable bonds is 3. The highest BCUT2D eigenvalue weighted by molar-refractivity contribution is 5.75. The van der Waals surface area contributed by atoms with Crippen molar-refractivity contribution in [1.29, 1.82) is 0 Å². The van der Waals surface area contributed by atoms with Gasteiger partial charge >= 0.3 is 5.97 Å². The van der Waals surface area contributed by atoms with E-state index in [2.05, 4.69) is 15.1 Å². The first-order chi connectivity index (χ1) is 7.61. The Morgan fingerprint density at radius 1 is 1.44 bits per heavy atom. The van der Waals surface area contributed by atoms with Crippen molar-refractivity contribution in [3.63, 3.8) is 0 Å². The van der Waals surface area contributed by atoms with Gasteiger partial charge in [-0.05, 0) is 5.92 Å². The van der Waals surface area contributed by atoms with Crippen LogP contribution in [0.25, 0.3) is 5.65 Å². The second-order valence-electron chi connectivity index (χ2n) is 3.92. The van der Waals surface area contributed by atoms with Crippen LogP contribution in [0.5, 0.6) is 0 Å². The third kappa shape index (κ3) is 1.62. The van der Waals surface area contributed by atoms with Gasteiger partial charge in [-0.3, -0.25) is 9.78 Å². The smallest absolute Gasteiger partial charge is 0.312 e. The molecule has 0 radical (unpaired) electrons. The largest absolute Gasteiger partial charge is 0.481 e. The summed E-state index contributed by atoms with van der Waals surface area (Å²) < 4.78 is 1.52. The molecule has 0 amide bonds. The lowest BCUT2D eigenvalue weighted by molar-refractivity contribution is -0.140. The zero-order valence-electron chi connectivity index (χ0n) is 9.03. The Kier molecular flexibility index (Phi) is 2.55. The number of aromatic nitrogens is 4. The van der Waals surface area contributed by atoms with Crippen molar-refractivity contribution in [3.05, 3.63) is 24.4 Å². The van der Waals surface area contributed by atoms with E-state index in [0.29, 0.717) is 11.3 Å². The molecule has 0 aliphatic rings. The van der Waals surface area contributed by atoms with E-state index in [4.69, 9.17) is 0 Å². The van der Waals surface area contributed by atoms with Crippen LogP contribution in [0.1, 0.15) is 25.5 Å². The number of aliphatic carboxylic acids is 1. The van der Waals surface area contributed by atoms with Gasteiger partial charge in [-0.15, -0.1) is 0 Å². The molecule has 0 aliphatic carbocycles. The van der Waals surface area contributed by atoms with E-state index < -0.39 is 11.9 Å². The Labute approximate surface area is 92.0 Å². The van der Waals surface area contributed by atoms with Crippen molar-refractivity contribution < 1.29 is 9.90 Å². The standard InChI is InChI=1S/C10H12N4O2/c1-6(2)9(10(15)16)7-3-11-4-8-12-5-13-14(7)8/h3-6,9H,1-2H3,(H,15,16). The number of hydrogen-bond acceptors (Lipinski definition) is 4. The molecule has 0 saturated heterocycles. The first-order valence-corrected chi connectivity index (χ1v) is 4.97. The predicted molar refractivity (Wildman–Crippen MR) is 56.0 cm³/mol. The second-order valence-corrected chi connectivity index (χ2v) is 3.92. The average molecular weight is 220 g/mol. The molecule has 1 N–H and O–H groups in total. The van der Waals surface area contributed by atoms with Crippen LogP contribution in [0.2, 0.25) is 0 Å². The van der Waals surface area contributed by atoms with Crippen molar-refractivity contribution in [2.24, 2.45) is 5.92 Å². The molecule has 6 nitrogen and oxygen atoms in total. The minimum Gasteiger partial charge on any atom is -0.481 e. The maximum atomic E-state index is 11.2. The van der Waals surface area contributed by atoms with Gasteiger partial charge in [-0.2, -0.15) is 5.10 Å². The molecule has 0 bridgehead atoms. The Balaban J connectivity index is 2.60. The van der Waals surface area contributed by atoms with Crippen LogP contribution in [0.4, 0.5) is 0 Å². The van der Waals surface area contributed by atoms with E-state index >= 15 is 0 Å². The van der Waals surface area contributed by atoms with Crippen molar-refractivity contribution in [2.45, 2.75) is 19.8 Å². The van der Waals surface area contributed by atoms with Crippen molar-refractivity contribution in [2.75, 3.05) is 0 Å². The van der Waals surface area contributed by atoms with Gasteiger partial charge in [0.15, 0.2) is 5.65 Å². The number of hydrogen-bond donors (Lipinski definition) is 1. The number of nitrogens with zero attached hydrogens (tertiary/aromatic N) is 4. The highest BCUT2D eigenvalue weighted by atomic mass is 16.4. The fourth-order valence-corrected chi connectivity index (χ4v) is 1.74. The number of carboxylic acid groups (broad SMARTS) is 1. The Bertz CT molecular complexity index is 520. The molecule has 0 spiro atoms. The normalized spacial score (nSPS) is 13.2. The summed E-state index contributed by atoms with van der Waals surface area (Å²) in [6, 6.07) is 0. The zero-order chi connectivity index (χ0) is 11.7. The first kappa shape index (κ1) is 10.5. The average Bonchev–Trinajstić information content (AvgIpc) is 2.65. The second kappa shape index (κ2) is 3.88. The summed E-state index contributed by atoms with van der Waals surface area (Å²) in [5.41, 5.74) is 1.11. The van der Waals surface area contributed by atoms with E-state index in [0.717, 1.165) is 0 Å². The minimum absolute atomic E-state index is 0.0332. The Morgan fingerprint density at radius 3 is 2.81 bits per heavy atom. The molecule has 2 rings (SSSR count). The van der Waals surface area contributed by atoms with Crippen LogP contribution in [0, 0.1) is 5.92 Å². The lowest BCUT2D eigenvalue weighted by atomic mass is 9.93. The topological polar surface area (TPSA) is 80.4 Å². The predicted octanol–water partition coefficient (Wildman–Crippen LogP) is 0.948. The minimum atomic E-state index is -0.875. The number of carbonyl (C=O) groups is 1. The zero-order valence-corrected chi connectivity index (χ0v) is 9.03. The summed E-state index contributed by atoms with van der Waals surface area (Å²) in [7, 11) is 0. The Morgan fingerprint density at radius 2 is 2.19 bits per heavy atom. The molecule has 1 atom stereocenters. The van der Waals surface area contributed by atoms with Crippen LogP contribution >= 0.6 is 0 Å². The summed E-state index contributed by atoms with van der Waals surface area (Å²) in [5.74, 6) is -1.54. The summed E-state index contributed by atoms with van der Waals surface area (Å²) in [5, 5.41) is 13.2. The lowest BCUT2D eigenvalue weighted by Gasteiger charge is -2.16. The fraction of sp³-hybridized carbons (Fsp3) is 0.400. The van der Waals surface area contributed by atoms with Gasteiger partial charge in [0.25, 0.3) is 0 Å². The van der Waals surface area contributed by atoms with Crippen molar-refractivity contribution in [3.8, 4) is 0 Å². The van der Waals surface area contributed by atoms with Gasteiger partial charge in [0.05, 0.1) is 11.9 Å². The summed E-state index contributed by atoms with van der Waals surface area (Å²) in [4.78, 5) is 19.2. The van der Waals surface area contributed by atoms with Crippen LogP contribution in [0.3, 0.4) is 0 Å².